The number of thiazole rings is 1. The third-order valence-corrected chi connectivity index (χ3v) is 4.14. The number of carbonyl (C=O) groups excluding carboxylic acids is 1. The Morgan fingerprint density at radius 1 is 1.42 bits per heavy atom. The van der Waals surface area contributed by atoms with Crippen LogP contribution in [0.4, 0.5) is 5.13 Å². The van der Waals surface area contributed by atoms with Gasteiger partial charge in [-0.25, -0.2) is 4.98 Å². The predicted octanol–water partition coefficient (Wildman–Crippen LogP) is 2.76. The zero-order valence-electron chi connectivity index (χ0n) is 10.1. The number of carbonyl (C=O) groups is 1. The van der Waals surface area contributed by atoms with E-state index in [0.29, 0.717) is 16.3 Å². The quantitative estimate of drug-likeness (QED) is 0.911. The lowest BCUT2D eigenvalue weighted by Crippen LogP contribution is -2.11. The molecule has 1 aliphatic carbocycles. The van der Waals surface area contributed by atoms with Crippen LogP contribution in [-0.2, 0) is 12.8 Å². The summed E-state index contributed by atoms with van der Waals surface area (Å²) in [4.78, 5) is 17.8. The Kier molecular flexibility index (Phi) is 3.02. The maximum atomic E-state index is 12.1. The summed E-state index contributed by atoms with van der Waals surface area (Å²) in [6, 6.07) is 8.68. The minimum Gasteiger partial charge on any atom is -0.298 e. The average Bonchev–Trinajstić information content (AvgIpc) is 2.99. The summed E-state index contributed by atoms with van der Waals surface area (Å²) in [5.41, 5.74) is 2.08. The number of rotatable bonds is 2. The van der Waals surface area contributed by atoms with Crippen LogP contribution in [0, 0.1) is 11.3 Å². The highest BCUT2D eigenvalue weighted by molar-refractivity contribution is 7.15. The van der Waals surface area contributed by atoms with Gasteiger partial charge in [0.15, 0.2) is 5.13 Å². The smallest absolute Gasteiger partial charge is 0.257 e. The van der Waals surface area contributed by atoms with Crippen LogP contribution in [0.25, 0.3) is 0 Å². The number of nitriles is 1. The van der Waals surface area contributed by atoms with Crippen molar-refractivity contribution in [2.24, 2.45) is 0 Å². The number of hydrogen-bond donors (Lipinski definition) is 1. The fourth-order valence-corrected chi connectivity index (χ4v) is 3.19. The van der Waals surface area contributed by atoms with E-state index in [9.17, 15) is 4.79 Å². The van der Waals surface area contributed by atoms with E-state index in [1.54, 1.807) is 35.6 Å². The van der Waals surface area contributed by atoms with Crippen molar-refractivity contribution in [1.82, 2.24) is 4.98 Å². The molecule has 0 saturated carbocycles. The zero-order valence-corrected chi connectivity index (χ0v) is 11.0. The molecule has 3 rings (SSSR count). The Morgan fingerprint density at radius 2 is 2.32 bits per heavy atom. The molecule has 0 unspecified atom stereocenters. The lowest BCUT2D eigenvalue weighted by molar-refractivity contribution is 0.102. The largest absolute Gasteiger partial charge is 0.298 e. The predicted molar refractivity (Wildman–Crippen MR) is 73.2 cm³/mol. The van der Waals surface area contributed by atoms with Gasteiger partial charge in [-0.1, -0.05) is 6.07 Å². The molecule has 2 aromatic rings. The molecule has 1 amide bonds. The Morgan fingerprint density at radius 3 is 3.11 bits per heavy atom. The number of nitrogens with zero attached hydrogens (tertiary/aromatic N) is 2. The van der Waals surface area contributed by atoms with Crippen LogP contribution in [0.15, 0.2) is 24.3 Å². The summed E-state index contributed by atoms with van der Waals surface area (Å²) < 4.78 is 0. The van der Waals surface area contributed by atoms with E-state index >= 15 is 0 Å². The SMILES string of the molecule is N#Cc1cccc(C(=O)Nc2nc3c(s2)CCC3)c1. The highest BCUT2D eigenvalue weighted by Gasteiger charge is 2.18. The van der Waals surface area contributed by atoms with Gasteiger partial charge in [0.1, 0.15) is 0 Å². The third kappa shape index (κ3) is 2.35. The first-order valence-electron chi connectivity index (χ1n) is 6.06. The topological polar surface area (TPSA) is 65.8 Å². The monoisotopic (exact) mass is 269 g/mol. The van der Waals surface area contributed by atoms with Crippen LogP contribution in [-0.4, -0.2) is 10.9 Å². The Hall–Kier alpha value is -2.19. The van der Waals surface area contributed by atoms with Gasteiger partial charge in [-0.05, 0) is 37.5 Å². The van der Waals surface area contributed by atoms with E-state index < -0.39 is 0 Å². The van der Waals surface area contributed by atoms with Crippen molar-refractivity contribution in [3.05, 3.63) is 46.0 Å². The van der Waals surface area contributed by atoms with Gasteiger partial charge in [0, 0.05) is 10.4 Å². The van der Waals surface area contributed by atoms with Crippen LogP contribution < -0.4 is 5.32 Å². The molecule has 1 heterocycles. The lowest BCUT2D eigenvalue weighted by atomic mass is 10.1. The van der Waals surface area contributed by atoms with Gasteiger partial charge >= 0.3 is 0 Å². The average molecular weight is 269 g/mol. The zero-order chi connectivity index (χ0) is 13.2. The maximum Gasteiger partial charge on any atom is 0.257 e. The molecule has 1 N–H and O–H groups in total. The molecular weight excluding hydrogens is 258 g/mol. The summed E-state index contributed by atoms with van der Waals surface area (Å²) in [5.74, 6) is -0.218. The summed E-state index contributed by atoms with van der Waals surface area (Å²) >= 11 is 1.55. The Bertz CT molecular complexity index is 663. The van der Waals surface area contributed by atoms with Crippen molar-refractivity contribution in [3.8, 4) is 6.07 Å². The number of amides is 1. The van der Waals surface area contributed by atoms with Gasteiger partial charge in [0.2, 0.25) is 0 Å². The summed E-state index contributed by atoms with van der Waals surface area (Å²) in [7, 11) is 0. The standard InChI is InChI=1S/C14H11N3OS/c15-8-9-3-1-4-10(7-9)13(18)17-14-16-11-5-2-6-12(11)19-14/h1,3-4,7H,2,5-6H2,(H,16,17,18). The fourth-order valence-electron chi connectivity index (χ4n) is 2.14. The molecule has 1 aromatic heterocycles. The van der Waals surface area contributed by atoms with Gasteiger partial charge in [-0.3, -0.25) is 10.1 Å². The normalized spacial score (nSPS) is 12.8. The van der Waals surface area contributed by atoms with Crippen molar-refractivity contribution < 1.29 is 4.79 Å². The molecule has 0 bridgehead atoms. The van der Waals surface area contributed by atoms with E-state index in [4.69, 9.17) is 5.26 Å². The molecular formula is C14H11N3OS. The molecule has 0 aliphatic heterocycles. The molecule has 0 fully saturated rings. The number of aryl methyl sites for hydroxylation is 2. The summed E-state index contributed by atoms with van der Waals surface area (Å²) in [6.07, 6.45) is 3.23. The van der Waals surface area contributed by atoms with E-state index in [0.717, 1.165) is 25.0 Å². The van der Waals surface area contributed by atoms with E-state index in [2.05, 4.69) is 10.3 Å². The molecule has 94 valence electrons. The van der Waals surface area contributed by atoms with E-state index in [-0.39, 0.29) is 5.91 Å². The van der Waals surface area contributed by atoms with Crippen LogP contribution in [0.1, 0.15) is 32.9 Å². The maximum absolute atomic E-state index is 12.1. The molecule has 0 spiro atoms. The van der Waals surface area contributed by atoms with Crippen molar-refractivity contribution >= 4 is 22.4 Å². The number of benzene rings is 1. The Labute approximate surface area is 114 Å². The highest BCUT2D eigenvalue weighted by atomic mass is 32.1. The van der Waals surface area contributed by atoms with Crippen LogP contribution in [0.3, 0.4) is 0 Å². The molecule has 0 atom stereocenters. The molecule has 5 heteroatoms. The number of hydrogen-bond acceptors (Lipinski definition) is 4. The van der Waals surface area contributed by atoms with Crippen LogP contribution in [0.2, 0.25) is 0 Å². The van der Waals surface area contributed by atoms with Crippen molar-refractivity contribution in [3.63, 3.8) is 0 Å². The first-order valence-corrected chi connectivity index (χ1v) is 6.88. The minimum absolute atomic E-state index is 0.218. The van der Waals surface area contributed by atoms with Gasteiger partial charge in [0.25, 0.3) is 5.91 Å². The van der Waals surface area contributed by atoms with Crippen LogP contribution in [0.5, 0.6) is 0 Å². The molecule has 1 aromatic carbocycles. The number of fused-ring (bicyclic) bond motifs is 1. The van der Waals surface area contributed by atoms with Gasteiger partial charge in [-0.2, -0.15) is 5.26 Å². The van der Waals surface area contributed by atoms with E-state index in [1.807, 2.05) is 6.07 Å². The summed E-state index contributed by atoms with van der Waals surface area (Å²) in [6.45, 7) is 0. The second-order valence-corrected chi connectivity index (χ2v) is 5.47. The van der Waals surface area contributed by atoms with Gasteiger partial charge < -0.3 is 0 Å². The second-order valence-electron chi connectivity index (χ2n) is 4.39. The molecule has 1 aliphatic rings. The molecule has 19 heavy (non-hydrogen) atoms. The Balaban J connectivity index is 1.78. The van der Waals surface area contributed by atoms with Gasteiger partial charge in [0.05, 0.1) is 17.3 Å². The van der Waals surface area contributed by atoms with Crippen molar-refractivity contribution in [2.45, 2.75) is 19.3 Å². The first-order chi connectivity index (χ1) is 9.26. The molecule has 4 nitrogen and oxygen atoms in total. The van der Waals surface area contributed by atoms with Crippen LogP contribution >= 0.6 is 11.3 Å². The van der Waals surface area contributed by atoms with E-state index in [1.165, 1.54) is 4.88 Å². The molecule has 0 saturated heterocycles. The number of nitrogens with one attached hydrogen (secondary N) is 1. The van der Waals surface area contributed by atoms with Gasteiger partial charge in [-0.15, -0.1) is 11.3 Å². The first kappa shape index (κ1) is 11.9. The minimum atomic E-state index is -0.218. The molecule has 0 radical (unpaired) electrons. The number of anilines is 1. The second kappa shape index (κ2) is 4.82. The van der Waals surface area contributed by atoms with Crippen molar-refractivity contribution in [2.75, 3.05) is 5.32 Å². The summed E-state index contributed by atoms with van der Waals surface area (Å²) in [5, 5.41) is 12.3. The third-order valence-electron chi connectivity index (χ3n) is 3.07. The van der Waals surface area contributed by atoms with Crippen molar-refractivity contribution in [1.29, 1.82) is 5.26 Å². The fraction of sp³-hybridized carbons (Fsp3) is 0.214. The lowest BCUT2D eigenvalue weighted by Gasteiger charge is -2.01. The highest BCUT2D eigenvalue weighted by Crippen LogP contribution is 2.30. The number of aromatic nitrogens is 1.